The molecule has 0 N–H and O–H groups in total. The Morgan fingerprint density at radius 3 is 2.56 bits per heavy atom. The molecule has 1 aliphatic heterocycles. The zero-order valence-corrected chi connectivity index (χ0v) is 19.4. The highest BCUT2D eigenvalue weighted by atomic mass is 35.5. The first-order valence-corrected chi connectivity index (χ1v) is 11.6. The Morgan fingerprint density at radius 2 is 1.75 bits per heavy atom. The van der Waals surface area contributed by atoms with Gasteiger partial charge in [0.25, 0.3) is 5.91 Å². The van der Waals surface area contributed by atoms with Gasteiger partial charge in [-0.05, 0) is 41.5 Å². The van der Waals surface area contributed by atoms with Crippen molar-refractivity contribution in [2.24, 2.45) is 0 Å². The second-order valence-corrected chi connectivity index (χ2v) is 8.80. The SMILES string of the molecule is Cl.O=C(c1ccc2ccccc2c1)N(CCCN1CCOCC1)c1nc2ccccc2s1. The molecule has 166 valence electrons. The lowest BCUT2D eigenvalue weighted by Gasteiger charge is -2.27. The summed E-state index contributed by atoms with van der Waals surface area (Å²) in [4.78, 5) is 22.6. The van der Waals surface area contributed by atoms with Crippen LogP contribution in [0.1, 0.15) is 16.8 Å². The van der Waals surface area contributed by atoms with Gasteiger partial charge in [-0.2, -0.15) is 0 Å². The van der Waals surface area contributed by atoms with Crippen LogP contribution >= 0.6 is 23.7 Å². The minimum Gasteiger partial charge on any atom is -0.379 e. The van der Waals surface area contributed by atoms with Crippen LogP contribution in [0.3, 0.4) is 0 Å². The Kier molecular flexibility index (Phi) is 7.37. The molecule has 0 bridgehead atoms. The highest BCUT2D eigenvalue weighted by molar-refractivity contribution is 7.22. The number of para-hydroxylation sites is 1. The number of ether oxygens (including phenoxy) is 1. The quantitative estimate of drug-likeness (QED) is 0.389. The molecule has 5 nitrogen and oxygen atoms in total. The summed E-state index contributed by atoms with van der Waals surface area (Å²) in [6.45, 7) is 5.09. The molecule has 32 heavy (non-hydrogen) atoms. The maximum absolute atomic E-state index is 13.6. The van der Waals surface area contributed by atoms with Crippen molar-refractivity contribution in [2.45, 2.75) is 6.42 Å². The molecule has 2 heterocycles. The van der Waals surface area contributed by atoms with Crippen molar-refractivity contribution in [1.29, 1.82) is 0 Å². The number of carbonyl (C=O) groups is 1. The fourth-order valence-electron chi connectivity index (χ4n) is 4.01. The minimum absolute atomic E-state index is 0. The van der Waals surface area contributed by atoms with Crippen LogP contribution in [0.15, 0.2) is 66.7 Å². The summed E-state index contributed by atoms with van der Waals surface area (Å²) in [6.07, 6.45) is 0.898. The predicted octanol–water partition coefficient (Wildman–Crippen LogP) is 5.24. The van der Waals surface area contributed by atoms with Gasteiger partial charge in [0.15, 0.2) is 5.13 Å². The zero-order chi connectivity index (χ0) is 21.0. The summed E-state index contributed by atoms with van der Waals surface area (Å²) in [6, 6.07) is 22.1. The van der Waals surface area contributed by atoms with Gasteiger partial charge in [-0.25, -0.2) is 4.98 Å². The maximum atomic E-state index is 13.6. The van der Waals surface area contributed by atoms with Crippen LogP contribution in [0.5, 0.6) is 0 Å². The third-order valence-electron chi connectivity index (χ3n) is 5.71. The number of nitrogens with zero attached hydrogens (tertiary/aromatic N) is 3. The monoisotopic (exact) mass is 467 g/mol. The molecule has 1 aromatic heterocycles. The summed E-state index contributed by atoms with van der Waals surface area (Å²) in [5.41, 5.74) is 1.64. The molecule has 1 saturated heterocycles. The van der Waals surface area contributed by atoms with E-state index in [0.29, 0.717) is 12.1 Å². The van der Waals surface area contributed by atoms with Gasteiger partial charge in [-0.1, -0.05) is 53.8 Å². The van der Waals surface area contributed by atoms with Crippen molar-refractivity contribution < 1.29 is 9.53 Å². The van der Waals surface area contributed by atoms with Crippen LogP contribution in [0.4, 0.5) is 5.13 Å². The molecule has 5 rings (SSSR count). The number of fused-ring (bicyclic) bond motifs is 2. The number of hydrogen-bond acceptors (Lipinski definition) is 5. The number of halogens is 1. The maximum Gasteiger partial charge on any atom is 0.260 e. The topological polar surface area (TPSA) is 45.7 Å². The number of morpholine rings is 1. The highest BCUT2D eigenvalue weighted by Gasteiger charge is 2.22. The standard InChI is InChI=1S/C25H25N3O2S.ClH/c29-24(21-11-10-19-6-1-2-7-20(19)18-21)28(13-5-12-27-14-16-30-17-15-27)25-26-22-8-3-4-9-23(22)31-25;/h1-4,6-11,18H,5,12-17H2;1H. The normalized spacial score (nSPS) is 14.4. The van der Waals surface area contributed by atoms with Crippen molar-refractivity contribution in [3.63, 3.8) is 0 Å². The summed E-state index contributed by atoms with van der Waals surface area (Å²) in [5.74, 6) is 0.00628. The first kappa shape index (κ1) is 22.7. The van der Waals surface area contributed by atoms with Crippen molar-refractivity contribution >= 4 is 55.8 Å². The molecule has 0 saturated carbocycles. The van der Waals surface area contributed by atoms with Crippen LogP contribution in [-0.4, -0.2) is 55.2 Å². The third kappa shape index (κ3) is 4.94. The molecule has 0 spiro atoms. The molecule has 1 amide bonds. The van der Waals surface area contributed by atoms with Crippen LogP contribution in [-0.2, 0) is 4.74 Å². The average Bonchev–Trinajstić information content (AvgIpc) is 3.26. The van der Waals surface area contributed by atoms with E-state index in [1.165, 1.54) is 0 Å². The van der Waals surface area contributed by atoms with Gasteiger partial charge in [0.1, 0.15) is 0 Å². The number of rotatable bonds is 6. The molecule has 4 aromatic rings. The van der Waals surface area contributed by atoms with Crippen molar-refractivity contribution in [1.82, 2.24) is 9.88 Å². The van der Waals surface area contributed by atoms with E-state index >= 15 is 0 Å². The second kappa shape index (κ2) is 10.4. The van der Waals surface area contributed by atoms with Gasteiger partial charge < -0.3 is 4.74 Å². The summed E-state index contributed by atoms with van der Waals surface area (Å²) in [7, 11) is 0. The molecule has 3 aromatic carbocycles. The molecular weight excluding hydrogens is 442 g/mol. The third-order valence-corrected chi connectivity index (χ3v) is 6.77. The van der Waals surface area contributed by atoms with Crippen LogP contribution < -0.4 is 4.90 Å². The van der Waals surface area contributed by atoms with E-state index in [2.05, 4.69) is 17.0 Å². The number of anilines is 1. The molecular formula is C25H26ClN3O2S. The van der Waals surface area contributed by atoms with E-state index in [4.69, 9.17) is 9.72 Å². The molecule has 0 aliphatic carbocycles. The van der Waals surface area contributed by atoms with Crippen LogP contribution in [0, 0.1) is 0 Å². The second-order valence-electron chi connectivity index (χ2n) is 7.79. The molecule has 7 heteroatoms. The first-order chi connectivity index (χ1) is 15.3. The molecule has 0 atom stereocenters. The van der Waals surface area contributed by atoms with Gasteiger partial charge in [0, 0.05) is 31.7 Å². The number of thiazole rings is 1. The number of amides is 1. The number of benzene rings is 3. The van der Waals surface area contributed by atoms with E-state index in [1.807, 2.05) is 59.5 Å². The smallest absolute Gasteiger partial charge is 0.260 e. The van der Waals surface area contributed by atoms with E-state index in [-0.39, 0.29) is 18.3 Å². The Morgan fingerprint density at radius 1 is 1.00 bits per heavy atom. The van der Waals surface area contributed by atoms with Crippen LogP contribution in [0.25, 0.3) is 21.0 Å². The fraction of sp³-hybridized carbons (Fsp3) is 0.280. The Bertz CT molecular complexity index is 1170. The molecule has 0 radical (unpaired) electrons. The molecule has 1 fully saturated rings. The zero-order valence-electron chi connectivity index (χ0n) is 17.8. The van der Waals surface area contributed by atoms with Crippen molar-refractivity contribution in [2.75, 3.05) is 44.3 Å². The van der Waals surface area contributed by atoms with Gasteiger partial charge in [0.2, 0.25) is 0 Å². The summed E-state index contributed by atoms with van der Waals surface area (Å²) < 4.78 is 6.55. The highest BCUT2D eigenvalue weighted by Crippen LogP contribution is 2.30. The van der Waals surface area contributed by atoms with E-state index in [9.17, 15) is 4.79 Å². The first-order valence-electron chi connectivity index (χ1n) is 10.7. The lowest BCUT2D eigenvalue weighted by molar-refractivity contribution is 0.0376. The van der Waals surface area contributed by atoms with Gasteiger partial charge in [-0.3, -0.25) is 14.6 Å². The number of hydrogen-bond donors (Lipinski definition) is 0. The largest absolute Gasteiger partial charge is 0.379 e. The average molecular weight is 468 g/mol. The Hall–Kier alpha value is -2.51. The Labute approximate surface area is 198 Å². The van der Waals surface area contributed by atoms with E-state index in [1.54, 1.807) is 11.3 Å². The molecule has 0 unspecified atom stereocenters. The van der Waals surface area contributed by atoms with E-state index in [0.717, 1.165) is 65.4 Å². The summed E-state index contributed by atoms with van der Waals surface area (Å²) >= 11 is 1.58. The van der Waals surface area contributed by atoms with Gasteiger partial charge in [-0.15, -0.1) is 12.4 Å². The number of carbonyl (C=O) groups excluding carboxylic acids is 1. The Balaban J connectivity index is 0.00000245. The lowest BCUT2D eigenvalue weighted by atomic mass is 10.1. The minimum atomic E-state index is 0. The fourth-order valence-corrected chi connectivity index (χ4v) is 5.00. The number of aromatic nitrogens is 1. The predicted molar refractivity (Wildman–Crippen MR) is 134 cm³/mol. The van der Waals surface area contributed by atoms with Gasteiger partial charge in [0.05, 0.1) is 23.4 Å². The van der Waals surface area contributed by atoms with Crippen LogP contribution in [0.2, 0.25) is 0 Å². The lowest BCUT2D eigenvalue weighted by Crippen LogP contribution is -2.39. The van der Waals surface area contributed by atoms with E-state index < -0.39 is 0 Å². The molecule has 1 aliphatic rings. The van der Waals surface area contributed by atoms with Crippen molar-refractivity contribution in [3.05, 3.63) is 72.3 Å². The van der Waals surface area contributed by atoms with Gasteiger partial charge >= 0.3 is 0 Å². The van der Waals surface area contributed by atoms with Crippen molar-refractivity contribution in [3.8, 4) is 0 Å². The summed E-state index contributed by atoms with van der Waals surface area (Å²) in [5, 5.41) is 2.98.